The van der Waals surface area contributed by atoms with Gasteiger partial charge in [0.05, 0.1) is 6.10 Å². The van der Waals surface area contributed by atoms with E-state index in [4.69, 9.17) is 9.47 Å². The van der Waals surface area contributed by atoms with Gasteiger partial charge < -0.3 is 14.8 Å². The lowest BCUT2D eigenvalue weighted by Gasteiger charge is -2.12. The van der Waals surface area contributed by atoms with E-state index in [2.05, 4.69) is 17.5 Å². The number of carbonyl (C=O) groups excluding carboxylic acids is 1. The molecule has 4 nitrogen and oxygen atoms in total. The maximum Gasteiger partial charge on any atom is 0.220 e. The SMILES string of the molecule is O=C(C[C@H]1C=CCC1)NCc1ccc(OC[C@H]2CCCO2)cc1. The van der Waals surface area contributed by atoms with Crippen LogP contribution in [-0.2, 0) is 16.1 Å². The number of nitrogens with one attached hydrogen (secondary N) is 1. The molecule has 1 aromatic rings. The summed E-state index contributed by atoms with van der Waals surface area (Å²) in [5.41, 5.74) is 1.09. The van der Waals surface area contributed by atoms with Crippen LogP contribution >= 0.6 is 0 Å². The summed E-state index contributed by atoms with van der Waals surface area (Å²) in [6, 6.07) is 7.91. The van der Waals surface area contributed by atoms with Crippen LogP contribution in [0.2, 0.25) is 0 Å². The molecule has 0 spiro atoms. The van der Waals surface area contributed by atoms with E-state index in [0.29, 0.717) is 25.5 Å². The van der Waals surface area contributed by atoms with Crippen molar-refractivity contribution in [3.05, 3.63) is 42.0 Å². The van der Waals surface area contributed by atoms with Crippen LogP contribution in [0.3, 0.4) is 0 Å². The number of hydrogen-bond donors (Lipinski definition) is 1. The Morgan fingerprint density at radius 3 is 2.83 bits per heavy atom. The highest BCUT2D eigenvalue weighted by atomic mass is 16.5. The van der Waals surface area contributed by atoms with E-state index >= 15 is 0 Å². The predicted octanol–water partition coefficient (Wildman–Crippen LogP) is 3.22. The van der Waals surface area contributed by atoms with Gasteiger partial charge >= 0.3 is 0 Å². The first-order valence-corrected chi connectivity index (χ1v) is 8.56. The molecule has 124 valence electrons. The molecule has 0 saturated carbocycles. The van der Waals surface area contributed by atoms with Crippen molar-refractivity contribution in [1.29, 1.82) is 0 Å². The van der Waals surface area contributed by atoms with Crippen LogP contribution in [0, 0.1) is 5.92 Å². The molecule has 4 heteroatoms. The molecule has 2 atom stereocenters. The number of ether oxygens (including phenoxy) is 2. The summed E-state index contributed by atoms with van der Waals surface area (Å²) in [6.45, 7) is 2.04. The summed E-state index contributed by atoms with van der Waals surface area (Å²) in [6.07, 6.45) is 9.56. The number of allylic oxidation sites excluding steroid dienone is 2. The molecule has 23 heavy (non-hydrogen) atoms. The number of carbonyl (C=O) groups is 1. The van der Waals surface area contributed by atoms with Crippen molar-refractivity contribution in [3.8, 4) is 5.75 Å². The highest BCUT2D eigenvalue weighted by Crippen LogP contribution is 2.20. The van der Waals surface area contributed by atoms with Gasteiger partial charge in [-0.2, -0.15) is 0 Å². The molecule has 1 fully saturated rings. The van der Waals surface area contributed by atoms with Gasteiger partial charge in [0.25, 0.3) is 0 Å². The van der Waals surface area contributed by atoms with Crippen LogP contribution in [0.15, 0.2) is 36.4 Å². The van der Waals surface area contributed by atoms with E-state index in [1.165, 1.54) is 0 Å². The minimum absolute atomic E-state index is 0.125. The number of amides is 1. The first-order chi connectivity index (χ1) is 11.3. The van der Waals surface area contributed by atoms with Gasteiger partial charge in [-0.1, -0.05) is 24.3 Å². The first kappa shape index (κ1) is 16.1. The maximum absolute atomic E-state index is 11.9. The van der Waals surface area contributed by atoms with Crippen molar-refractivity contribution in [2.75, 3.05) is 13.2 Å². The van der Waals surface area contributed by atoms with Crippen LogP contribution in [0.5, 0.6) is 5.75 Å². The maximum atomic E-state index is 11.9. The quantitative estimate of drug-likeness (QED) is 0.786. The molecule has 1 saturated heterocycles. The fourth-order valence-electron chi connectivity index (χ4n) is 3.04. The molecule has 1 heterocycles. The molecule has 1 aliphatic heterocycles. The number of hydrogen-bond acceptors (Lipinski definition) is 3. The van der Waals surface area contributed by atoms with E-state index in [1.807, 2.05) is 24.3 Å². The summed E-state index contributed by atoms with van der Waals surface area (Å²) in [5, 5.41) is 2.99. The van der Waals surface area contributed by atoms with Crippen molar-refractivity contribution in [2.24, 2.45) is 5.92 Å². The van der Waals surface area contributed by atoms with Crippen LogP contribution in [0.4, 0.5) is 0 Å². The van der Waals surface area contributed by atoms with Crippen molar-refractivity contribution in [3.63, 3.8) is 0 Å². The fraction of sp³-hybridized carbons (Fsp3) is 0.526. The molecular weight excluding hydrogens is 290 g/mol. The van der Waals surface area contributed by atoms with Gasteiger partial charge in [-0.3, -0.25) is 4.79 Å². The lowest BCUT2D eigenvalue weighted by Crippen LogP contribution is -2.24. The molecule has 2 aliphatic rings. The average Bonchev–Trinajstić information content (AvgIpc) is 3.25. The minimum atomic E-state index is 0.125. The van der Waals surface area contributed by atoms with E-state index in [-0.39, 0.29) is 12.0 Å². The Morgan fingerprint density at radius 2 is 2.13 bits per heavy atom. The van der Waals surface area contributed by atoms with E-state index in [0.717, 1.165) is 43.6 Å². The summed E-state index contributed by atoms with van der Waals surface area (Å²) < 4.78 is 11.3. The second-order valence-corrected chi connectivity index (χ2v) is 6.34. The lowest BCUT2D eigenvalue weighted by atomic mass is 10.1. The zero-order valence-corrected chi connectivity index (χ0v) is 13.5. The smallest absolute Gasteiger partial charge is 0.220 e. The Hall–Kier alpha value is -1.81. The predicted molar refractivity (Wildman–Crippen MR) is 89.2 cm³/mol. The summed E-state index contributed by atoms with van der Waals surface area (Å²) >= 11 is 0. The molecule has 0 aromatic heterocycles. The normalized spacial score (nSPS) is 23.1. The van der Waals surface area contributed by atoms with Crippen molar-refractivity contribution >= 4 is 5.91 Å². The standard InChI is InChI=1S/C19H25NO3/c21-19(12-15-4-1-2-5-15)20-13-16-7-9-17(10-8-16)23-14-18-6-3-11-22-18/h1,4,7-10,15,18H,2-3,5-6,11-14H2,(H,20,21)/t15-,18+/m0/s1. The van der Waals surface area contributed by atoms with Crippen LogP contribution < -0.4 is 10.1 Å². The fourth-order valence-corrected chi connectivity index (χ4v) is 3.04. The Kier molecular flexibility index (Phi) is 5.70. The number of rotatable bonds is 7. The topological polar surface area (TPSA) is 47.6 Å². The third kappa shape index (κ3) is 5.10. The minimum Gasteiger partial charge on any atom is -0.491 e. The second-order valence-electron chi connectivity index (χ2n) is 6.34. The van der Waals surface area contributed by atoms with E-state index in [9.17, 15) is 4.79 Å². The van der Waals surface area contributed by atoms with Crippen molar-refractivity contribution < 1.29 is 14.3 Å². The summed E-state index contributed by atoms with van der Waals surface area (Å²) in [4.78, 5) is 11.9. The highest BCUT2D eigenvalue weighted by Gasteiger charge is 2.16. The molecule has 1 amide bonds. The summed E-state index contributed by atoms with van der Waals surface area (Å²) in [5.74, 6) is 1.40. The molecule has 0 unspecified atom stereocenters. The zero-order chi connectivity index (χ0) is 15.9. The van der Waals surface area contributed by atoms with Crippen LogP contribution in [0.25, 0.3) is 0 Å². The first-order valence-electron chi connectivity index (χ1n) is 8.56. The molecule has 0 radical (unpaired) electrons. The molecular formula is C19H25NO3. The summed E-state index contributed by atoms with van der Waals surface area (Å²) in [7, 11) is 0. The van der Waals surface area contributed by atoms with Gasteiger partial charge in [0, 0.05) is 19.6 Å². The van der Waals surface area contributed by atoms with Gasteiger partial charge in [0.15, 0.2) is 0 Å². The van der Waals surface area contributed by atoms with Crippen LogP contribution in [0.1, 0.15) is 37.7 Å². The molecule has 0 bridgehead atoms. The Bertz CT molecular complexity index is 532. The van der Waals surface area contributed by atoms with E-state index in [1.54, 1.807) is 0 Å². The zero-order valence-electron chi connectivity index (χ0n) is 13.5. The second kappa shape index (κ2) is 8.16. The third-order valence-corrected chi connectivity index (χ3v) is 4.43. The Balaban J connectivity index is 1.38. The van der Waals surface area contributed by atoms with Crippen molar-refractivity contribution in [2.45, 2.75) is 44.8 Å². The monoisotopic (exact) mass is 315 g/mol. The molecule has 1 aromatic carbocycles. The van der Waals surface area contributed by atoms with Gasteiger partial charge in [-0.25, -0.2) is 0 Å². The Labute approximate surface area is 137 Å². The largest absolute Gasteiger partial charge is 0.491 e. The highest BCUT2D eigenvalue weighted by molar-refractivity contribution is 5.76. The van der Waals surface area contributed by atoms with Crippen LogP contribution in [-0.4, -0.2) is 25.2 Å². The number of benzene rings is 1. The van der Waals surface area contributed by atoms with Gasteiger partial charge in [0.1, 0.15) is 12.4 Å². The van der Waals surface area contributed by atoms with Gasteiger partial charge in [0.2, 0.25) is 5.91 Å². The Morgan fingerprint density at radius 1 is 1.26 bits per heavy atom. The molecule has 1 N–H and O–H groups in total. The average molecular weight is 315 g/mol. The van der Waals surface area contributed by atoms with Gasteiger partial charge in [-0.15, -0.1) is 0 Å². The van der Waals surface area contributed by atoms with Crippen molar-refractivity contribution in [1.82, 2.24) is 5.32 Å². The molecule has 1 aliphatic carbocycles. The van der Waals surface area contributed by atoms with E-state index < -0.39 is 0 Å². The lowest BCUT2D eigenvalue weighted by molar-refractivity contribution is -0.121. The third-order valence-electron chi connectivity index (χ3n) is 4.43. The van der Waals surface area contributed by atoms with Gasteiger partial charge in [-0.05, 0) is 49.3 Å². The molecule has 3 rings (SSSR count).